The van der Waals surface area contributed by atoms with Crippen LogP contribution >= 0.6 is 0 Å². The Balaban J connectivity index is 2.90. The third kappa shape index (κ3) is 3.05. The first-order valence-electron chi connectivity index (χ1n) is 5.39. The summed E-state index contributed by atoms with van der Waals surface area (Å²) in [7, 11) is 0. The zero-order valence-electron chi connectivity index (χ0n) is 10.2. The molecular formula is C11H19FN4. The van der Waals surface area contributed by atoms with Gasteiger partial charge in [0.05, 0.1) is 6.20 Å². The molecular weight excluding hydrogens is 207 g/mol. The summed E-state index contributed by atoms with van der Waals surface area (Å²) in [5.74, 6) is -0.223. The van der Waals surface area contributed by atoms with Crippen molar-refractivity contribution in [2.75, 3.05) is 11.1 Å². The molecule has 0 bridgehead atoms. The highest BCUT2D eigenvalue weighted by Gasteiger charge is 2.24. The van der Waals surface area contributed by atoms with Gasteiger partial charge in [-0.3, -0.25) is 0 Å². The van der Waals surface area contributed by atoms with E-state index >= 15 is 0 Å². The molecule has 0 aromatic carbocycles. The van der Waals surface area contributed by atoms with Crippen LogP contribution < -0.4 is 11.1 Å². The molecule has 0 aliphatic rings. The molecule has 0 spiro atoms. The van der Waals surface area contributed by atoms with Crippen LogP contribution in [0.2, 0.25) is 0 Å². The Morgan fingerprint density at radius 1 is 1.50 bits per heavy atom. The lowest BCUT2D eigenvalue weighted by Gasteiger charge is -2.31. The van der Waals surface area contributed by atoms with Gasteiger partial charge < -0.3 is 11.1 Å². The fourth-order valence-corrected chi connectivity index (χ4v) is 1.58. The van der Waals surface area contributed by atoms with Crippen LogP contribution in [-0.2, 0) is 0 Å². The van der Waals surface area contributed by atoms with Crippen molar-refractivity contribution in [1.82, 2.24) is 9.97 Å². The van der Waals surface area contributed by atoms with Crippen molar-refractivity contribution in [3.05, 3.63) is 12.0 Å². The molecule has 90 valence electrons. The lowest BCUT2D eigenvalue weighted by Crippen LogP contribution is -2.34. The molecule has 0 unspecified atom stereocenters. The van der Waals surface area contributed by atoms with Crippen LogP contribution in [-0.4, -0.2) is 16.0 Å². The van der Waals surface area contributed by atoms with E-state index in [1.54, 1.807) is 0 Å². The second-order valence-electron chi connectivity index (χ2n) is 4.90. The Bertz CT molecular complexity index is 359. The van der Waals surface area contributed by atoms with Gasteiger partial charge in [-0.05, 0) is 11.8 Å². The van der Waals surface area contributed by atoms with Gasteiger partial charge >= 0.3 is 0 Å². The predicted molar refractivity (Wildman–Crippen MR) is 63.6 cm³/mol. The maximum atomic E-state index is 13.4. The smallest absolute Gasteiger partial charge is 0.222 e. The van der Waals surface area contributed by atoms with Crippen molar-refractivity contribution in [3.8, 4) is 0 Å². The van der Waals surface area contributed by atoms with Crippen LogP contribution in [0.5, 0.6) is 0 Å². The molecule has 0 aliphatic heterocycles. The lowest BCUT2D eigenvalue weighted by atomic mass is 9.85. The van der Waals surface area contributed by atoms with Gasteiger partial charge in [-0.2, -0.15) is 4.98 Å². The Kier molecular flexibility index (Phi) is 3.67. The molecule has 0 radical (unpaired) electrons. The van der Waals surface area contributed by atoms with Gasteiger partial charge in [-0.25, -0.2) is 9.37 Å². The minimum atomic E-state index is -0.475. The first-order valence-corrected chi connectivity index (χ1v) is 5.39. The second-order valence-corrected chi connectivity index (χ2v) is 4.90. The molecule has 16 heavy (non-hydrogen) atoms. The number of nitrogens with two attached hydrogens (primary N) is 1. The topological polar surface area (TPSA) is 63.8 Å². The maximum absolute atomic E-state index is 13.4. The van der Waals surface area contributed by atoms with Crippen molar-refractivity contribution >= 4 is 11.8 Å². The highest BCUT2D eigenvalue weighted by molar-refractivity contribution is 5.40. The Labute approximate surface area is 95.5 Å². The zero-order valence-corrected chi connectivity index (χ0v) is 10.2. The van der Waals surface area contributed by atoms with Gasteiger partial charge in [0.2, 0.25) is 5.95 Å². The monoisotopic (exact) mass is 226 g/mol. The molecule has 1 rings (SSSR count). The van der Waals surface area contributed by atoms with E-state index in [-0.39, 0.29) is 23.2 Å². The van der Waals surface area contributed by atoms with E-state index in [0.29, 0.717) is 0 Å². The van der Waals surface area contributed by atoms with Gasteiger partial charge in [-0.15, -0.1) is 0 Å². The number of halogens is 1. The highest BCUT2D eigenvalue weighted by atomic mass is 19.1. The Hall–Kier alpha value is -1.39. The quantitative estimate of drug-likeness (QED) is 0.830. The van der Waals surface area contributed by atoms with Crippen molar-refractivity contribution in [2.24, 2.45) is 5.41 Å². The number of anilines is 2. The molecule has 1 aromatic rings. The molecule has 0 amide bonds. The van der Waals surface area contributed by atoms with E-state index in [4.69, 9.17) is 5.73 Å². The fourth-order valence-electron chi connectivity index (χ4n) is 1.58. The molecule has 1 heterocycles. The molecule has 4 nitrogen and oxygen atoms in total. The number of nitrogen functional groups attached to an aromatic ring is 1. The number of rotatable bonds is 3. The van der Waals surface area contributed by atoms with E-state index in [9.17, 15) is 4.39 Å². The van der Waals surface area contributed by atoms with E-state index in [2.05, 4.69) is 36.1 Å². The van der Waals surface area contributed by atoms with E-state index in [0.717, 1.165) is 12.6 Å². The van der Waals surface area contributed by atoms with Gasteiger partial charge in [0.15, 0.2) is 11.6 Å². The van der Waals surface area contributed by atoms with Crippen molar-refractivity contribution < 1.29 is 4.39 Å². The third-order valence-corrected chi connectivity index (χ3v) is 2.53. The van der Waals surface area contributed by atoms with Crippen molar-refractivity contribution in [1.29, 1.82) is 0 Å². The van der Waals surface area contributed by atoms with Crippen molar-refractivity contribution in [2.45, 2.75) is 40.2 Å². The predicted octanol–water partition coefficient (Wildman–Crippen LogP) is 2.43. The molecule has 1 atom stereocenters. The minimum absolute atomic E-state index is 0.0287. The summed E-state index contributed by atoms with van der Waals surface area (Å²) in [6, 6.07) is 0.135. The average Bonchev–Trinajstić information content (AvgIpc) is 2.17. The summed E-state index contributed by atoms with van der Waals surface area (Å²) in [6.07, 6.45) is 1.97. The molecule has 0 fully saturated rings. The molecule has 0 saturated heterocycles. The average molecular weight is 226 g/mol. The van der Waals surface area contributed by atoms with E-state index < -0.39 is 5.82 Å². The van der Waals surface area contributed by atoms with Crippen molar-refractivity contribution in [3.63, 3.8) is 0 Å². The van der Waals surface area contributed by atoms with Gasteiger partial charge in [-0.1, -0.05) is 27.7 Å². The summed E-state index contributed by atoms with van der Waals surface area (Å²) in [5.41, 5.74) is 5.45. The number of nitrogens with one attached hydrogen (secondary N) is 1. The summed E-state index contributed by atoms with van der Waals surface area (Å²) >= 11 is 0. The number of hydrogen-bond acceptors (Lipinski definition) is 4. The standard InChI is InChI=1S/C11H19FN4/c1-5-8(11(2,3)4)15-9-7(12)6-14-10(13)16-9/h6,8H,5H2,1-4H3,(H3,13,14,15,16)/t8-/m0/s1. The van der Waals surface area contributed by atoms with E-state index in [1.165, 1.54) is 0 Å². The van der Waals surface area contributed by atoms with Crippen LogP contribution in [0.3, 0.4) is 0 Å². The number of nitrogens with zero attached hydrogens (tertiary/aromatic N) is 2. The molecule has 0 saturated carbocycles. The van der Waals surface area contributed by atoms with Crippen LogP contribution in [0.15, 0.2) is 6.20 Å². The zero-order chi connectivity index (χ0) is 12.3. The summed E-state index contributed by atoms with van der Waals surface area (Å²) in [4.78, 5) is 7.44. The lowest BCUT2D eigenvalue weighted by molar-refractivity contribution is 0.332. The maximum Gasteiger partial charge on any atom is 0.222 e. The van der Waals surface area contributed by atoms with Gasteiger partial charge in [0, 0.05) is 6.04 Å². The van der Waals surface area contributed by atoms with Crippen LogP contribution in [0.25, 0.3) is 0 Å². The van der Waals surface area contributed by atoms with Crippen LogP contribution in [0, 0.1) is 11.2 Å². The molecule has 3 N–H and O–H groups in total. The third-order valence-electron chi connectivity index (χ3n) is 2.53. The Morgan fingerprint density at radius 2 is 2.12 bits per heavy atom. The summed E-state index contributed by atoms with van der Waals surface area (Å²) < 4.78 is 13.4. The van der Waals surface area contributed by atoms with Crippen LogP contribution in [0.4, 0.5) is 16.2 Å². The largest absolute Gasteiger partial charge is 0.368 e. The first kappa shape index (κ1) is 12.7. The molecule has 0 aliphatic carbocycles. The SMILES string of the molecule is CC[C@H](Nc1nc(N)ncc1F)C(C)(C)C. The van der Waals surface area contributed by atoms with Gasteiger partial charge in [0.25, 0.3) is 0 Å². The molecule has 5 heteroatoms. The first-order chi connectivity index (χ1) is 7.34. The molecule has 1 aromatic heterocycles. The van der Waals surface area contributed by atoms with E-state index in [1.807, 2.05) is 6.92 Å². The normalized spacial score (nSPS) is 13.6. The summed E-state index contributed by atoms with van der Waals surface area (Å²) in [5, 5.41) is 3.07. The second kappa shape index (κ2) is 4.63. The van der Waals surface area contributed by atoms with Crippen LogP contribution in [0.1, 0.15) is 34.1 Å². The minimum Gasteiger partial charge on any atom is -0.368 e. The summed E-state index contributed by atoms with van der Waals surface area (Å²) in [6.45, 7) is 8.33. The highest BCUT2D eigenvalue weighted by Crippen LogP contribution is 2.25. The number of aromatic nitrogens is 2. The van der Waals surface area contributed by atoms with Gasteiger partial charge in [0.1, 0.15) is 0 Å². The fraction of sp³-hybridized carbons (Fsp3) is 0.636. The number of hydrogen-bond donors (Lipinski definition) is 2. The Morgan fingerprint density at radius 3 is 2.62 bits per heavy atom.